The lowest BCUT2D eigenvalue weighted by Crippen LogP contribution is -2.45. The fourth-order valence-electron chi connectivity index (χ4n) is 3.24. The summed E-state index contributed by atoms with van der Waals surface area (Å²) in [5, 5.41) is 10.2. The molecule has 0 spiro atoms. The van der Waals surface area contributed by atoms with E-state index in [0.717, 1.165) is 25.8 Å². The molecule has 2 aliphatic heterocycles. The Morgan fingerprint density at radius 1 is 1.24 bits per heavy atom. The molecule has 2 aliphatic rings. The molecular weight excluding hydrogens is 283 g/mol. The number of ether oxygens (including phenoxy) is 1. The van der Waals surface area contributed by atoms with E-state index in [1.54, 1.807) is 0 Å². The van der Waals surface area contributed by atoms with E-state index in [2.05, 4.69) is 11.8 Å². The van der Waals surface area contributed by atoms with E-state index in [-0.39, 0.29) is 6.42 Å². The van der Waals surface area contributed by atoms with Gasteiger partial charge in [-0.25, -0.2) is 0 Å². The van der Waals surface area contributed by atoms with E-state index < -0.39 is 18.2 Å². The molecule has 0 saturated carbocycles. The molecule has 124 valence electrons. The van der Waals surface area contributed by atoms with Gasteiger partial charge in [0.25, 0.3) is 0 Å². The van der Waals surface area contributed by atoms with Gasteiger partial charge in [0.2, 0.25) is 0 Å². The molecule has 21 heavy (non-hydrogen) atoms. The Morgan fingerprint density at radius 2 is 1.90 bits per heavy atom. The highest BCUT2D eigenvalue weighted by Gasteiger charge is 2.37. The monoisotopic (exact) mass is 309 g/mol. The van der Waals surface area contributed by atoms with Gasteiger partial charge in [-0.05, 0) is 45.4 Å². The number of halogens is 3. The van der Waals surface area contributed by atoms with Crippen LogP contribution in [0.5, 0.6) is 0 Å². The Hall–Kier alpha value is -0.330. The largest absolute Gasteiger partial charge is 0.390 e. The number of piperidine rings is 1. The highest BCUT2D eigenvalue weighted by Crippen LogP contribution is 2.32. The summed E-state index contributed by atoms with van der Waals surface area (Å²) >= 11 is 0. The quantitative estimate of drug-likeness (QED) is 0.847. The van der Waals surface area contributed by atoms with Gasteiger partial charge in [0.1, 0.15) is 0 Å². The van der Waals surface area contributed by atoms with Crippen LogP contribution in [0.4, 0.5) is 13.2 Å². The normalized spacial score (nSPS) is 30.7. The molecule has 0 aromatic rings. The minimum Gasteiger partial charge on any atom is -0.390 e. The zero-order valence-corrected chi connectivity index (χ0v) is 12.7. The van der Waals surface area contributed by atoms with Crippen molar-refractivity contribution in [3.63, 3.8) is 0 Å². The summed E-state index contributed by atoms with van der Waals surface area (Å²) in [5.41, 5.74) is -1.13. The second-order valence-corrected chi connectivity index (χ2v) is 6.62. The first kappa shape index (κ1) is 17.0. The van der Waals surface area contributed by atoms with Crippen LogP contribution in [0.25, 0.3) is 0 Å². The van der Waals surface area contributed by atoms with Crippen molar-refractivity contribution in [3.8, 4) is 0 Å². The Morgan fingerprint density at radius 3 is 2.43 bits per heavy atom. The second-order valence-electron chi connectivity index (χ2n) is 6.62. The molecule has 2 atom stereocenters. The fourth-order valence-corrected chi connectivity index (χ4v) is 3.24. The molecule has 2 saturated heterocycles. The molecule has 1 N–H and O–H groups in total. The number of hydrogen-bond acceptors (Lipinski definition) is 3. The van der Waals surface area contributed by atoms with Gasteiger partial charge < -0.3 is 14.7 Å². The van der Waals surface area contributed by atoms with Crippen LogP contribution in [0.2, 0.25) is 0 Å². The highest BCUT2D eigenvalue weighted by molar-refractivity contribution is 4.87. The molecule has 3 nitrogen and oxygen atoms in total. The topological polar surface area (TPSA) is 32.7 Å². The number of rotatable bonds is 5. The molecule has 2 rings (SSSR count). The summed E-state index contributed by atoms with van der Waals surface area (Å²) < 4.78 is 42.5. The van der Waals surface area contributed by atoms with Gasteiger partial charge in [0.05, 0.1) is 17.8 Å². The van der Waals surface area contributed by atoms with Crippen molar-refractivity contribution >= 4 is 0 Å². The van der Waals surface area contributed by atoms with Crippen LogP contribution in [0.3, 0.4) is 0 Å². The van der Waals surface area contributed by atoms with Gasteiger partial charge in [-0.15, -0.1) is 0 Å². The fraction of sp³-hybridized carbons (Fsp3) is 1.00. The van der Waals surface area contributed by atoms with E-state index in [9.17, 15) is 18.3 Å². The molecule has 0 amide bonds. The van der Waals surface area contributed by atoms with Crippen LogP contribution in [-0.4, -0.2) is 53.6 Å². The van der Waals surface area contributed by atoms with E-state index in [0.29, 0.717) is 38.1 Å². The summed E-state index contributed by atoms with van der Waals surface area (Å²) in [6.07, 6.45) is -0.503. The van der Waals surface area contributed by atoms with Crippen molar-refractivity contribution in [3.05, 3.63) is 0 Å². The van der Waals surface area contributed by atoms with Crippen LogP contribution in [-0.2, 0) is 4.74 Å². The Kier molecular flexibility index (Phi) is 5.54. The second kappa shape index (κ2) is 6.84. The molecule has 0 bridgehead atoms. The average Bonchev–Trinajstić information content (AvgIpc) is 2.81. The SMILES string of the molecule is CC1CCC(CCN2CCC(O)(CCC(F)(F)F)CC2)O1. The lowest BCUT2D eigenvalue weighted by Gasteiger charge is -2.38. The molecule has 2 heterocycles. The van der Waals surface area contributed by atoms with Crippen LogP contribution in [0.1, 0.15) is 51.9 Å². The summed E-state index contributed by atoms with van der Waals surface area (Å²) in [5.74, 6) is 0. The third kappa shape index (κ3) is 5.75. The predicted molar refractivity (Wildman–Crippen MR) is 74.1 cm³/mol. The maximum Gasteiger partial charge on any atom is 0.389 e. The van der Waals surface area contributed by atoms with Gasteiger partial charge >= 0.3 is 6.18 Å². The minimum absolute atomic E-state index is 0.173. The molecule has 6 heteroatoms. The van der Waals surface area contributed by atoms with Gasteiger partial charge in [-0.3, -0.25) is 0 Å². The van der Waals surface area contributed by atoms with Crippen molar-refractivity contribution in [1.29, 1.82) is 0 Å². The maximum atomic E-state index is 12.2. The third-order valence-corrected chi connectivity index (χ3v) is 4.75. The van der Waals surface area contributed by atoms with E-state index >= 15 is 0 Å². The van der Waals surface area contributed by atoms with Crippen LogP contribution >= 0.6 is 0 Å². The lowest BCUT2D eigenvalue weighted by atomic mass is 9.87. The molecule has 2 unspecified atom stereocenters. The van der Waals surface area contributed by atoms with Gasteiger partial charge in [0.15, 0.2) is 0 Å². The van der Waals surface area contributed by atoms with Crippen LogP contribution in [0, 0.1) is 0 Å². The van der Waals surface area contributed by atoms with Crippen molar-refractivity contribution in [1.82, 2.24) is 4.90 Å². The van der Waals surface area contributed by atoms with E-state index in [1.165, 1.54) is 0 Å². The van der Waals surface area contributed by atoms with Crippen molar-refractivity contribution < 1.29 is 23.0 Å². The molecule has 2 fully saturated rings. The first-order chi connectivity index (χ1) is 9.76. The van der Waals surface area contributed by atoms with Crippen molar-refractivity contribution in [2.24, 2.45) is 0 Å². The highest BCUT2D eigenvalue weighted by atomic mass is 19.4. The first-order valence-corrected chi connectivity index (χ1v) is 7.93. The van der Waals surface area contributed by atoms with Gasteiger partial charge in [-0.1, -0.05) is 0 Å². The van der Waals surface area contributed by atoms with E-state index in [1.807, 2.05) is 0 Å². The summed E-state index contributed by atoms with van der Waals surface area (Å²) in [4.78, 5) is 2.23. The summed E-state index contributed by atoms with van der Waals surface area (Å²) in [7, 11) is 0. The summed E-state index contributed by atoms with van der Waals surface area (Å²) in [6, 6.07) is 0. The molecule has 0 aromatic carbocycles. The standard InChI is InChI=1S/C15H26F3NO2/c1-12-2-3-13(21-12)4-9-19-10-7-14(20,8-11-19)5-6-15(16,17)18/h12-13,20H,2-11H2,1H3. The van der Waals surface area contributed by atoms with Crippen molar-refractivity contribution in [2.45, 2.75) is 75.9 Å². The maximum absolute atomic E-state index is 12.2. The lowest BCUT2D eigenvalue weighted by molar-refractivity contribution is -0.150. The number of hydrogen-bond donors (Lipinski definition) is 1. The van der Waals surface area contributed by atoms with Crippen LogP contribution < -0.4 is 0 Å². The smallest absolute Gasteiger partial charge is 0.389 e. The first-order valence-electron chi connectivity index (χ1n) is 7.93. The van der Waals surface area contributed by atoms with E-state index in [4.69, 9.17) is 4.74 Å². The molecule has 0 aliphatic carbocycles. The van der Waals surface area contributed by atoms with Crippen molar-refractivity contribution in [2.75, 3.05) is 19.6 Å². The number of alkyl halides is 3. The number of likely N-dealkylation sites (tertiary alicyclic amines) is 1. The molecule has 0 radical (unpaired) electrons. The average molecular weight is 309 g/mol. The summed E-state index contributed by atoms with van der Waals surface area (Å²) in [6.45, 7) is 4.35. The third-order valence-electron chi connectivity index (χ3n) is 4.75. The minimum atomic E-state index is -4.18. The van der Waals surface area contributed by atoms with Gasteiger partial charge in [-0.2, -0.15) is 13.2 Å². The van der Waals surface area contributed by atoms with Gasteiger partial charge in [0, 0.05) is 26.1 Å². The zero-order valence-electron chi connectivity index (χ0n) is 12.7. The number of aliphatic hydroxyl groups is 1. The zero-order chi connectivity index (χ0) is 15.5. The Balaban J connectivity index is 1.65. The molecule has 0 aromatic heterocycles. The number of nitrogens with zero attached hydrogens (tertiary/aromatic N) is 1. The predicted octanol–water partition coefficient (Wildman–Crippen LogP) is 3.11. The van der Waals surface area contributed by atoms with Crippen LogP contribution in [0.15, 0.2) is 0 Å². The Labute approximate surface area is 124 Å². The Bertz CT molecular complexity index is 327. The molecular formula is C15H26F3NO2.